The predicted octanol–water partition coefficient (Wildman–Crippen LogP) is 3.72. The van der Waals surface area contributed by atoms with Crippen LogP contribution in [0.3, 0.4) is 0 Å². The van der Waals surface area contributed by atoms with Crippen molar-refractivity contribution in [3.05, 3.63) is 69.8 Å². The molecule has 6 heteroatoms. The average molecular weight is 386 g/mol. The Morgan fingerprint density at radius 2 is 1.88 bits per heavy atom. The maximum atomic E-state index is 12.0. The highest BCUT2D eigenvalue weighted by atomic mass is 79.9. The summed E-state index contributed by atoms with van der Waals surface area (Å²) in [5.41, 5.74) is 1.41. The number of hydrogen-bond acceptors (Lipinski definition) is 5. The minimum atomic E-state index is -0.550. The third kappa shape index (κ3) is 3.60. The van der Waals surface area contributed by atoms with Crippen LogP contribution in [0.2, 0.25) is 0 Å². The number of halogens is 1. The van der Waals surface area contributed by atoms with Crippen LogP contribution in [-0.2, 0) is 14.3 Å². The van der Waals surface area contributed by atoms with Crippen molar-refractivity contribution in [3.8, 4) is 5.75 Å². The van der Waals surface area contributed by atoms with Crippen LogP contribution in [0.4, 0.5) is 0 Å². The first-order chi connectivity index (χ1) is 11.5. The van der Waals surface area contributed by atoms with Crippen LogP contribution in [0.1, 0.15) is 18.1 Å². The predicted molar refractivity (Wildman–Crippen MR) is 92.5 cm³/mol. The molecule has 0 saturated carbocycles. The van der Waals surface area contributed by atoms with Gasteiger partial charge in [0.15, 0.2) is 5.70 Å². The highest BCUT2D eigenvalue weighted by molar-refractivity contribution is 9.10. The van der Waals surface area contributed by atoms with Gasteiger partial charge in [-0.25, -0.2) is 9.79 Å². The molecule has 2 aromatic rings. The molecule has 0 N–H and O–H groups in total. The van der Waals surface area contributed by atoms with Gasteiger partial charge >= 0.3 is 11.9 Å². The first-order valence-corrected chi connectivity index (χ1v) is 7.88. The lowest BCUT2D eigenvalue weighted by Gasteiger charge is -2.04. The van der Waals surface area contributed by atoms with Crippen molar-refractivity contribution in [2.45, 2.75) is 6.92 Å². The van der Waals surface area contributed by atoms with Crippen molar-refractivity contribution in [1.29, 1.82) is 0 Å². The highest BCUT2D eigenvalue weighted by Gasteiger charge is 2.24. The monoisotopic (exact) mass is 385 g/mol. The molecule has 0 amide bonds. The molecule has 1 aliphatic rings. The number of aliphatic imine (C=N–C) groups is 1. The molecule has 1 aliphatic heterocycles. The zero-order valence-corrected chi connectivity index (χ0v) is 14.2. The number of para-hydroxylation sites is 1. The Kier molecular flexibility index (Phi) is 4.57. The van der Waals surface area contributed by atoms with Gasteiger partial charge in [-0.3, -0.25) is 4.79 Å². The second-order valence-corrected chi connectivity index (χ2v) is 5.89. The zero-order valence-electron chi connectivity index (χ0n) is 12.7. The fraction of sp³-hybridized carbons (Fsp3) is 0.0556. The normalized spacial score (nSPS) is 15.2. The SMILES string of the molecule is CC(=O)Oc1ccccc1/C=C1\N=C(c2ccc(Br)cc2)OC1=O. The zero-order chi connectivity index (χ0) is 17.1. The molecule has 0 aliphatic carbocycles. The number of hydrogen-bond donors (Lipinski definition) is 0. The second-order valence-electron chi connectivity index (χ2n) is 4.97. The van der Waals surface area contributed by atoms with Crippen molar-refractivity contribution >= 4 is 39.8 Å². The average Bonchev–Trinajstić information content (AvgIpc) is 2.90. The van der Waals surface area contributed by atoms with E-state index in [4.69, 9.17) is 9.47 Å². The first kappa shape index (κ1) is 16.1. The summed E-state index contributed by atoms with van der Waals surface area (Å²) in [6.45, 7) is 1.32. The fourth-order valence-electron chi connectivity index (χ4n) is 2.12. The maximum absolute atomic E-state index is 12.0. The summed E-state index contributed by atoms with van der Waals surface area (Å²) in [5, 5.41) is 0. The topological polar surface area (TPSA) is 65.0 Å². The Bertz CT molecular complexity index is 869. The van der Waals surface area contributed by atoms with Crippen molar-refractivity contribution in [2.24, 2.45) is 4.99 Å². The number of carbonyl (C=O) groups is 2. The molecule has 0 atom stereocenters. The van der Waals surface area contributed by atoms with Gasteiger partial charge in [-0.15, -0.1) is 0 Å². The van der Waals surface area contributed by atoms with Crippen molar-refractivity contribution < 1.29 is 19.1 Å². The van der Waals surface area contributed by atoms with E-state index < -0.39 is 11.9 Å². The third-order valence-corrected chi connectivity index (χ3v) is 3.71. The van der Waals surface area contributed by atoms with Crippen molar-refractivity contribution in [1.82, 2.24) is 0 Å². The van der Waals surface area contributed by atoms with Crippen LogP contribution < -0.4 is 4.74 Å². The van der Waals surface area contributed by atoms with Crippen molar-refractivity contribution in [3.63, 3.8) is 0 Å². The standard InChI is InChI=1S/C18H12BrNO4/c1-11(21)23-16-5-3-2-4-13(16)10-15-18(22)24-17(20-15)12-6-8-14(19)9-7-12/h2-10H,1H3/b15-10-. The van der Waals surface area contributed by atoms with Gasteiger partial charge in [-0.05, 0) is 36.4 Å². The fourth-order valence-corrected chi connectivity index (χ4v) is 2.38. The van der Waals surface area contributed by atoms with E-state index >= 15 is 0 Å². The van der Waals surface area contributed by atoms with Crippen LogP contribution in [-0.4, -0.2) is 17.8 Å². The molecular weight excluding hydrogens is 374 g/mol. The minimum absolute atomic E-state index is 0.146. The van der Waals surface area contributed by atoms with Gasteiger partial charge in [0.1, 0.15) is 5.75 Å². The number of nitrogens with zero attached hydrogens (tertiary/aromatic N) is 1. The molecule has 1 heterocycles. The van der Waals surface area contributed by atoms with Crippen LogP contribution in [0.15, 0.2) is 63.7 Å². The molecular formula is C18H12BrNO4. The second kappa shape index (κ2) is 6.80. The van der Waals surface area contributed by atoms with E-state index in [-0.39, 0.29) is 11.6 Å². The van der Waals surface area contributed by atoms with E-state index in [2.05, 4.69) is 20.9 Å². The Morgan fingerprint density at radius 1 is 1.17 bits per heavy atom. The quantitative estimate of drug-likeness (QED) is 0.458. The van der Waals surface area contributed by atoms with Gasteiger partial charge in [0, 0.05) is 22.5 Å². The Hall–Kier alpha value is -2.73. The lowest BCUT2D eigenvalue weighted by molar-refractivity contribution is -0.132. The van der Waals surface area contributed by atoms with Crippen LogP contribution in [0.5, 0.6) is 5.75 Å². The summed E-state index contributed by atoms with van der Waals surface area (Å²) < 4.78 is 11.3. The summed E-state index contributed by atoms with van der Waals surface area (Å²) in [7, 11) is 0. The molecule has 5 nitrogen and oxygen atoms in total. The highest BCUT2D eigenvalue weighted by Crippen LogP contribution is 2.25. The van der Waals surface area contributed by atoms with Gasteiger partial charge in [-0.1, -0.05) is 34.1 Å². The Labute approximate surface area is 146 Å². The third-order valence-electron chi connectivity index (χ3n) is 3.18. The van der Waals surface area contributed by atoms with Gasteiger partial charge in [0.05, 0.1) is 0 Å². The van der Waals surface area contributed by atoms with Crippen LogP contribution in [0, 0.1) is 0 Å². The summed E-state index contributed by atoms with van der Waals surface area (Å²) in [6, 6.07) is 14.2. The molecule has 0 unspecified atom stereocenters. The van der Waals surface area contributed by atoms with Crippen LogP contribution in [0.25, 0.3) is 6.08 Å². The number of carbonyl (C=O) groups excluding carboxylic acids is 2. The number of cyclic esters (lactones) is 1. The van der Waals surface area contributed by atoms with E-state index in [1.165, 1.54) is 13.0 Å². The number of ether oxygens (including phenoxy) is 2. The molecule has 0 radical (unpaired) electrons. The first-order valence-electron chi connectivity index (χ1n) is 7.09. The van der Waals surface area contributed by atoms with E-state index in [1.807, 2.05) is 12.1 Å². The van der Waals surface area contributed by atoms with Gasteiger partial charge in [0.25, 0.3) is 0 Å². The molecule has 0 saturated heterocycles. The Balaban J connectivity index is 1.94. The molecule has 120 valence electrons. The minimum Gasteiger partial charge on any atom is -0.426 e. The number of esters is 2. The number of benzene rings is 2. The van der Waals surface area contributed by atoms with Gasteiger partial charge in [0.2, 0.25) is 5.90 Å². The summed E-state index contributed by atoms with van der Waals surface area (Å²) >= 11 is 3.35. The molecule has 0 spiro atoms. The summed E-state index contributed by atoms with van der Waals surface area (Å²) in [5.74, 6) is -0.388. The van der Waals surface area contributed by atoms with Gasteiger partial charge in [-0.2, -0.15) is 0 Å². The Morgan fingerprint density at radius 3 is 2.58 bits per heavy atom. The summed E-state index contributed by atoms with van der Waals surface area (Å²) in [4.78, 5) is 27.4. The molecule has 3 rings (SSSR count). The molecule has 0 bridgehead atoms. The molecule has 0 fully saturated rings. The molecule has 0 aromatic heterocycles. The molecule has 2 aromatic carbocycles. The van der Waals surface area contributed by atoms with Crippen molar-refractivity contribution in [2.75, 3.05) is 0 Å². The van der Waals surface area contributed by atoms with Gasteiger partial charge < -0.3 is 9.47 Å². The summed E-state index contributed by atoms with van der Waals surface area (Å²) in [6.07, 6.45) is 1.53. The van der Waals surface area contributed by atoms with E-state index in [9.17, 15) is 9.59 Å². The lowest BCUT2D eigenvalue weighted by atomic mass is 10.1. The largest absolute Gasteiger partial charge is 0.426 e. The maximum Gasteiger partial charge on any atom is 0.363 e. The number of rotatable bonds is 3. The molecule has 24 heavy (non-hydrogen) atoms. The lowest BCUT2D eigenvalue weighted by Crippen LogP contribution is -2.05. The van der Waals surface area contributed by atoms with Crippen LogP contribution >= 0.6 is 15.9 Å². The van der Waals surface area contributed by atoms with E-state index in [1.54, 1.807) is 36.4 Å². The smallest absolute Gasteiger partial charge is 0.363 e. The van der Waals surface area contributed by atoms with E-state index in [0.717, 1.165) is 4.47 Å². The van der Waals surface area contributed by atoms with E-state index in [0.29, 0.717) is 16.9 Å².